The Morgan fingerprint density at radius 1 is 1.04 bits per heavy atom. The lowest BCUT2D eigenvalue weighted by atomic mass is 9.73. The molecule has 0 aromatic heterocycles. The Kier molecular flexibility index (Phi) is 4.61. The molecule has 1 unspecified atom stereocenters. The first-order valence-electron chi connectivity index (χ1n) is 8.30. The van der Waals surface area contributed by atoms with E-state index in [-0.39, 0.29) is 11.8 Å². The number of hydrogen-bond donors (Lipinski definition) is 0. The number of imide groups is 1. The molecule has 3 rings (SSSR count). The number of rotatable bonds is 3. The van der Waals surface area contributed by atoms with Gasteiger partial charge in [0.2, 0.25) is 5.91 Å². The number of benzene rings is 2. The van der Waals surface area contributed by atoms with Crippen molar-refractivity contribution in [2.45, 2.75) is 25.2 Å². The van der Waals surface area contributed by atoms with Gasteiger partial charge in [0.25, 0.3) is 5.91 Å². The molecule has 0 radical (unpaired) electrons. The third-order valence-corrected chi connectivity index (χ3v) is 4.59. The van der Waals surface area contributed by atoms with Crippen LogP contribution in [0.1, 0.15) is 35.7 Å². The van der Waals surface area contributed by atoms with Crippen molar-refractivity contribution in [3.05, 3.63) is 83.9 Å². The number of hydrogen-bond acceptors (Lipinski definition) is 2. The first-order valence-corrected chi connectivity index (χ1v) is 8.30. The molecule has 0 aliphatic carbocycles. The van der Waals surface area contributed by atoms with Crippen molar-refractivity contribution in [3.63, 3.8) is 0 Å². The van der Waals surface area contributed by atoms with E-state index in [0.717, 1.165) is 18.4 Å². The molecule has 0 saturated carbocycles. The van der Waals surface area contributed by atoms with Crippen molar-refractivity contribution in [2.24, 2.45) is 0 Å². The number of carbonyl (C=O) groups is 2. The summed E-state index contributed by atoms with van der Waals surface area (Å²) >= 11 is 0. The molecular weight excluding hydrogens is 298 g/mol. The molecule has 0 bridgehead atoms. The molecule has 3 nitrogen and oxygen atoms in total. The van der Waals surface area contributed by atoms with E-state index in [1.807, 2.05) is 67.6 Å². The fraction of sp³-hybridized carbons (Fsp3) is 0.238. The molecule has 2 aromatic rings. The van der Waals surface area contributed by atoms with Gasteiger partial charge in [0.15, 0.2) is 0 Å². The van der Waals surface area contributed by atoms with Crippen LogP contribution in [0.5, 0.6) is 0 Å². The van der Waals surface area contributed by atoms with Gasteiger partial charge in [-0.05, 0) is 37.5 Å². The van der Waals surface area contributed by atoms with Gasteiger partial charge in [-0.1, -0.05) is 60.7 Å². The van der Waals surface area contributed by atoms with Gasteiger partial charge in [-0.3, -0.25) is 14.5 Å². The van der Waals surface area contributed by atoms with Crippen LogP contribution in [-0.2, 0) is 10.2 Å². The highest BCUT2D eigenvalue weighted by molar-refractivity contribution is 6.08. The van der Waals surface area contributed by atoms with Crippen molar-refractivity contribution >= 4 is 11.8 Å². The molecule has 122 valence electrons. The second kappa shape index (κ2) is 6.83. The normalized spacial score (nSPS) is 21.2. The van der Waals surface area contributed by atoms with E-state index in [4.69, 9.17) is 0 Å². The van der Waals surface area contributed by atoms with E-state index in [2.05, 4.69) is 0 Å². The van der Waals surface area contributed by atoms with Gasteiger partial charge in [0.05, 0.1) is 5.41 Å². The van der Waals surface area contributed by atoms with Gasteiger partial charge in [0, 0.05) is 12.1 Å². The summed E-state index contributed by atoms with van der Waals surface area (Å²) < 4.78 is 0. The Hall–Kier alpha value is -2.68. The van der Waals surface area contributed by atoms with Crippen molar-refractivity contribution in [1.29, 1.82) is 0 Å². The summed E-state index contributed by atoms with van der Waals surface area (Å²) in [5.41, 5.74) is 0.743. The molecule has 24 heavy (non-hydrogen) atoms. The summed E-state index contributed by atoms with van der Waals surface area (Å²) in [5.74, 6) is -0.350. The van der Waals surface area contributed by atoms with Gasteiger partial charge >= 0.3 is 0 Å². The number of carbonyl (C=O) groups excluding carboxylic acids is 2. The van der Waals surface area contributed by atoms with E-state index < -0.39 is 5.41 Å². The molecule has 2 aromatic carbocycles. The minimum atomic E-state index is -0.751. The van der Waals surface area contributed by atoms with Crippen molar-refractivity contribution in [2.75, 3.05) is 6.54 Å². The van der Waals surface area contributed by atoms with Crippen molar-refractivity contribution < 1.29 is 9.59 Å². The van der Waals surface area contributed by atoms with Crippen LogP contribution in [0.4, 0.5) is 0 Å². The predicted molar refractivity (Wildman–Crippen MR) is 94.7 cm³/mol. The van der Waals surface area contributed by atoms with E-state index in [1.54, 1.807) is 12.1 Å². The molecule has 1 fully saturated rings. The van der Waals surface area contributed by atoms with Crippen LogP contribution in [0.3, 0.4) is 0 Å². The molecule has 1 saturated heterocycles. The van der Waals surface area contributed by atoms with E-state index >= 15 is 0 Å². The van der Waals surface area contributed by atoms with Crippen LogP contribution in [0, 0.1) is 0 Å². The fourth-order valence-corrected chi connectivity index (χ4v) is 3.43. The quantitative estimate of drug-likeness (QED) is 0.634. The Labute approximate surface area is 142 Å². The first-order chi connectivity index (χ1) is 11.7. The van der Waals surface area contributed by atoms with Gasteiger partial charge in [-0.15, -0.1) is 0 Å². The number of nitrogens with zero attached hydrogens (tertiary/aromatic N) is 1. The van der Waals surface area contributed by atoms with Crippen LogP contribution < -0.4 is 0 Å². The highest BCUT2D eigenvalue weighted by atomic mass is 16.2. The highest BCUT2D eigenvalue weighted by Crippen LogP contribution is 2.37. The summed E-state index contributed by atoms with van der Waals surface area (Å²) in [4.78, 5) is 27.5. The van der Waals surface area contributed by atoms with Gasteiger partial charge in [0.1, 0.15) is 0 Å². The second-order valence-corrected chi connectivity index (χ2v) is 6.07. The second-order valence-electron chi connectivity index (χ2n) is 6.07. The molecule has 0 N–H and O–H groups in total. The van der Waals surface area contributed by atoms with E-state index in [0.29, 0.717) is 12.1 Å². The van der Waals surface area contributed by atoms with Gasteiger partial charge in [-0.2, -0.15) is 0 Å². The molecular formula is C21H21NO2. The monoisotopic (exact) mass is 319 g/mol. The minimum absolute atomic E-state index is 0.132. The van der Waals surface area contributed by atoms with Crippen LogP contribution in [0.25, 0.3) is 0 Å². The minimum Gasteiger partial charge on any atom is -0.277 e. The van der Waals surface area contributed by atoms with Gasteiger partial charge in [-0.25, -0.2) is 0 Å². The molecule has 0 spiro atoms. The first kappa shape index (κ1) is 16.2. The fourth-order valence-electron chi connectivity index (χ4n) is 3.43. The molecule has 1 aliphatic heterocycles. The van der Waals surface area contributed by atoms with E-state index in [1.165, 1.54) is 4.90 Å². The summed E-state index contributed by atoms with van der Waals surface area (Å²) in [7, 11) is 0. The van der Waals surface area contributed by atoms with Crippen LogP contribution in [-0.4, -0.2) is 23.3 Å². The zero-order valence-electron chi connectivity index (χ0n) is 13.8. The third kappa shape index (κ3) is 2.78. The van der Waals surface area contributed by atoms with Crippen LogP contribution in [0.2, 0.25) is 0 Å². The standard InChI is InChI=1S/C21H21NO2/c1-2-14-21(18-12-7-4-8-13-18)15-9-16-22(20(21)24)19(23)17-10-5-3-6-11-17/h2-8,10-14H,9,15-16H2,1H3/b14-2+. The maximum atomic E-state index is 13.3. The summed E-state index contributed by atoms with van der Waals surface area (Å²) in [6, 6.07) is 18.8. The topological polar surface area (TPSA) is 37.4 Å². The number of allylic oxidation sites excluding steroid dienone is 1. The molecule has 3 heteroatoms. The van der Waals surface area contributed by atoms with Crippen LogP contribution >= 0.6 is 0 Å². The molecule has 1 aliphatic rings. The molecule has 1 atom stereocenters. The zero-order chi connectivity index (χ0) is 17.0. The highest BCUT2D eigenvalue weighted by Gasteiger charge is 2.45. The molecule has 2 amide bonds. The molecule has 1 heterocycles. The number of piperidine rings is 1. The third-order valence-electron chi connectivity index (χ3n) is 4.59. The average Bonchev–Trinajstić information content (AvgIpc) is 2.64. The Morgan fingerprint density at radius 3 is 2.29 bits per heavy atom. The lowest BCUT2D eigenvalue weighted by Gasteiger charge is -2.39. The zero-order valence-corrected chi connectivity index (χ0v) is 13.8. The van der Waals surface area contributed by atoms with Crippen molar-refractivity contribution in [1.82, 2.24) is 4.90 Å². The van der Waals surface area contributed by atoms with Crippen molar-refractivity contribution in [3.8, 4) is 0 Å². The van der Waals surface area contributed by atoms with E-state index in [9.17, 15) is 9.59 Å². The summed E-state index contributed by atoms with van der Waals surface area (Å²) in [6.45, 7) is 2.38. The number of amides is 2. The van der Waals surface area contributed by atoms with Gasteiger partial charge < -0.3 is 0 Å². The predicted octanol–water partition coefficient (Wildman–Crippen LogP) is 3.96. The maximum Gasteiger partial charge on any atom is 0.260 e. The Balaban J connectivity index is 2.01. The smallest absolute Gasteiger partial charge is 0.260 e. The Bertz CT molecular complexity index is 752. The summed E-state index contributed by atoms with van der Waals surface area (Å²) in [6.07, 6.45) is 5.36. The SMILES string of the molecule is C/C=C/C1(c2ccccc2)CCCN(C(=O)c2ccccc2)C1=O. The van der Waals surface area contributed by atoms with Crippen LogP contribution in [0.15, 0.2) is 72.8 Å². The lowest BCUT2D eigenvalue weighted by Crippen LogP contribution is -2.52. The number of likely N-dealkylation sites (tertiary alicyclic amines) is 1. The summed E-state index contributed by atoms with van der Waals surface area (Å²) in [5, 5.41) is 0. The largest absolute Gasteiger partial charge is 0.277 e. The average molecular weight is 319 g/mol. The maximum absolute atomic E-state index is 13.3. The lowest BCUT2D eigenvalue weighted by molar-refractivity contribution is -0.135. The Morgan fingerprint density at radius 2 is 1.67 bits per heavy atom.